The van der Waals surface area contributed by atoms with Gasteiger partial charge in [0.15, 0.2) is 11.3 Å². The molecule has 6 heteroatoms. The number of rotatable bonds is 6. The first-order valence-electron chi connectivity index (χ1n) is 5.34. The molecule has 1 heterocycles. The summed E-state index contributed by atoms with van der Waals surface area (Å²) in [5, 5.41) is 3.28. The molecule has 0 fully saturated rings. The molecule has 2 aromatic rings. The minimum atomic E-state index is 0.244. The highest BCUT2D eigenvalue weighted by Gasteiger charge is 2.00. The standard InChI is InChI=1S/C12H13ClN2O2S/c1-16-8-17-10-4-2-3-9(5-10)14-6-11-7-15-12(13)18-11/h2-5,7,14H,6,8H2,1H3. The van der Waals surface area contributed by atoms with E-state index in [0.717, 1.165) is 16.3 Å². The van der Waals surface area contributed by atoms with Crippen molar-refractivity contribution in [2.24, 2.45) is 0 Å². The van der Waals surface area contributed by atoms with E-state index < -0.39 is 0 Å². The second kappa shape index (κ2) is 6.58. The molecule has 0 aliphatic carbocycles. The number of anilines is 1. The SMILES string of the molecule is COCOc1cccc(NCc2cnc(Cl)s2)c1. The van der Waals surface area contributed by atoms with Crippen molar-refractivity contribution in [1.29, 1.82) is 0 Å². The van der Waals surface area contributed by atoms with Crippen molar-refractivity contribution in [1.82, 2.24) is 4.98 Å². The highest BCUT2D eigenvalue weighted by molar-refractivity contribution is 7.15. The zero-order valence-corrected chi connectivity index (χ0v) is 11.4. The first kappa shape index (κ1) is 13.1. The van der Waals surface area contributed by atoms with E-state index in [1.807, 2.05) is 24.3 Å². The number of methoxy groups -OCH3 is 1. The topological polar surface area (TPSA) is 43.4 Å². The lowest BCUT2D eigenvalue weighted by Gasteiger charge is -2.08. The molecule has 0 aliphatic rings. The van der Waals surface area contributed by atoms with Crippen molar-refractivity contribution in [2.75, 3.05) is 19.2 Å². The fourth-order valence-corrected chi connectivity index (χ4v) is 2.29. The van der Waals surface area contributed by atoms with E-state index in [4.69, 9.17) is 21.1 Å². The molecule has 1 N–H and O–H groups in total. The van der Waals surface area contributed by atoms with Gasteiger partial charge in [-0.25, -0.2) is 4.98 Å². The molecule has 1 aromatic heterocycles. The third-order valence-electron chi connectivity index (χ3n) is 2.17. The number of hydrogen-bond acceptors (Lipinski definition) is 5. The molecular weight excluding hydrogens is 272 g/mol. The number of benzene rings is 1. The fourth-order valence-electron chi connectivity index (χ4n) is 1.38. The molecule has 96 valence electrons. The minimum absolute atomic E-state index is 0.244. The molecular formula is C12H13ClN2O2S. The molecule has 0 aliphatic heterocycles. The largest absolute Gasteiger partial charge is 0.467 e. The van der Waals surface area contributed by atoms with Gasteiger partial charge in [0.05, 0.1) is 6.54 Å². The van der Waals surface area contributed by atoms with Gasteiger partial charge in [-0.3, -0.25) is 0 Å². The maximum absolute atomic E-state index is 5.77. The van der Waals surface area contributed by atoms with Crippen molar-refractivity contribution in [2.45, 2.75) is 6.54 Å². The number of aromatic nitrogens is 1. The number of ether oxygens (including phenoxy) is 2. The maximum Gasteiger partial charge on any atom is 0.188 e. The summed E-state index contributed by atoms with van der Waals surface area (Å²) in [6, 6.07) is 7.70. The summed E-state index contributed by atoms with van der Waals surface area (Å²) in [6.45, 7) is 0.937. The van der Waals surface area contributed by atoms with Crippen LogP contribution in [-0.2, 0) is 11.3 Å². The van der Waals surface area contributed by atoms with Crippen LogP contribution < -0.4 is 10.1 Å². The summed E-state index contributed by atoms with van der Waals surface area (Å²) in [7, 11) is 1.59. The Bertz CT molecular complexity index is 504. The summed E-state index contributed by atoms with van der Waals surface area (Å²) >= 11 is 7.24. The summed E-state index contributed by atoms with van der Waals surface area (Å²) in [5.74, 6) is 0.768. The molecule has 0 unspecified atom stereocenters. The summed E-state index contributed by atoms with van der Waals surface area (Å²) in [5.41, 5.74) is 0.980. The van der Waals surface area contributed by atoms with Crippen LogP contribution in [0.5, 0.6) is 5.75 Å². The monoisotopic (exact) mass is 284 g/mol. The smallest absolute Gasteiger partial charge is 0.188 e. The summed E-state index contributed by atoms with van der Waals surface area (Å²) in [6.07, 6.45) is 1.77. The van der Waals surface area contributed by atoms with Gasteiger partial charge in [0.2, 0.25) is 0 Å². The molecule has 18 heavy (non-hydrogen) atoms. The van der Waals surface area contributed by atoms with E-state index in [2.05, 4.69) is 10.3 Å². The molecule has 4 nitrogen and oxygen atoms in total. The van der Waals surface area contributed by atoms with Crippen molar-refractivity contribution in [3.63, 3.8) is 0 Å². The van der Waals surface area contributed by atoms with Gasteiger partial charge in [-0.15, -0.1) is 11.3 Å². The lowest BCUT2D eigenvalue weighted by Crippen LogP contribution is -2.00. The third-order valence-corrected chi connectivity index (χ3v) is 3.28. The Morgan fingerprint density at radius 1 is 1.44 bits per heavy atom. The Balaban J connectivity index is 1.92. The van der Waals surface area contributed by atoms with E-state index in [9.17, 15) is 0 Å². The molecule has 2 rings (SSSR count). The van der Waals surface area contributed by atoms with Crippen LogP contribution in [0.15, 0.2) is 30.5 Å². The molecule has 1 aromatic carbocycles. The Morgan fingerprint density at radius 2 is 2.33 bits per heavy atom. The van der Waals surface area contributed by atoms with Crippen LogP contribution in [0.2, 0.25) is 4.47 Å². The van der Waals surface area contributed by atoms with Gasteiger partial charge in [-0.05, 0) is 12.1 Å². The van der Waals surface area contributed by atoms with Crippen molar-refractivity contribution < 1.29 is 9.47 Å². The average molecular weight is 285 g/mol. The van der Waals surface area contributed by atoms with E-state index in [1.54, 1.807) is 13.3 Å². The predicted molar refractivity (Wildman–Crippen MR) is 73.4 cm³/mol. The Morgan fingerprint density at radius 3 is 3.06 bits per heavy atom. The van der Waals surface area contributed by atoms with Crippen LogP contribution in [0.25, 0.3) is 0 Å². The normalized spacial score (nSPS) is 10.3. The van der Waals surface area contributed by atoms with Crippen LogP contribution in [0.1, 0.15) is 4.88 Å². The molecule has 0 spiro atoms. The predicted octanol–water partition coefficient (Wildman–Crippen LogP) is 3.39. The van der Waals surface area contributed by atoms with E-state index in [1.165, 1.54) is 11.3 Å². The van der Waals surface area contributed by atoms with Gasteiger partial charge in [0.1, 0.15) is 5.75 Å². The van der Waals surface area contributed by atoms with Gasteiger partial charge < -0.3 is 14.8 Å². The van der Waals surface area contributed by atoms with E-state index in [-0.39, 0.29) is 6.79 Å². The summed E-state index contributed by atoms with van der Waals surface area (Å²) < 4.78 is 10.8. The second-order valence-corrected chi connectivity index (χ2v) is 5.21. The van der Waals surface area contributed by atoms with Crippen LogP contribution >= 0.6 is 22.9 Å². The van der Waals surface area contributed by atoms with E-state index in [0.29, 0.717) is 11.0 Å². The van der Waals surface area contributed by atoms with Crippen molar-refractivity contribution in [3.05, 3.63) is 39.8 Å². The van der Waals surface area contributed by atoms with Gasteiger partial charge >= 0.3 is 0 Å². The second-order valence-electron chi connectivity index (χ2n) is 3.51. The van der Waals surface area contributed by atoms with Crippen LogP contribution in [0.3, 0.4) is 0 Å². The lowest BCUT2D eigenvalue weighted by atomic mass is 10.3. The van der Waals surface area contributed by atoms with Crippen LogP contribution in [0.4, 0.5) is 5.69 Å². The average Bonchev–Trinajstić information content (AvgIpc) is 2.80. The fraction of sp³-hybridized carbons (Fsp3) is 0.250. The number of hydrogen-bond donors (Lipinski definition) is 1. The Labute approximate surface area is 115 Å². The number of halogens is 1. The highest BCUT2D eigenvalue weighted by Crippen LogP contribution is 2.21. The van der Waals surface area contributed by atoms with E-state index >= 15 is 0 Å². The quantitative estimate of drug-likeness (QED) is 0.826. The molecule has 0 saturated carbocycles. The number of nitrogens with one attached hydrogen (secondary N) is 1. The highest BCUT2D eigenvalue weighted by atomic mass is 35.5. The Kier molecular flexibility index (Phi) is 4.81. The molecule has 0 atom stereocenters. The number of thiazole rings is 1. The molecule has 0 saturated heterocycles. The van der Waals surface area contributed by atoms with Crippen molar-refractivity contribution in [3.8, 4) is 5.75 Å². The van der Waals surface area contributed by atoms with Gasteiger partial charge in [0, 0.05) is 29.9 Å². The van der Waals surface area contributed by atoms with Gasteiger partial charge in [-0.2, -0.15) is 0 Å². The summed E-state index contributed by atoms with van der Waals surface area (Å²) in [4.78, 5) is 5.08. The van der Waals surface area contributed by atoms with Gasteiger partial charge in [-0.1, -0.05) is 17.7 Å². The van der Waals surface area contributed by atoms with Gasteiger partial charge in [0.25, 0.3) is 0 Å². The zero-order valence-electron chi connectivity index (χ0n) is 9.85. The molecule has 0 bridgehead atoms. The van der Waals surface area contributed by atoms with Crippen LogP contribution in [-0.4, -0.2) is 18.9 Å². The molecule has 0 radical (unpaired) electrons. The minimum Gasteiger partial charge on any atom is -0.467 e. The number of nitrogens with zero attached hydrogens (tertiary/aromatic N) is 1. The van der Waals surface area contributed by atoms with Crippen molar-refractivity contribution >= 4 is 28.6 Å². The zero-order chi connectivity index (χ0) is 12.8. The third kappa shape index (κ3) is 3.87. The Hall–Kier alpha value is -1.30. The van der Waals surface area contributed by atoms with Crippen LogP contribution in [0, 0.1) is 0 Å². The lowest BCUT2D eigenvalue weighted by molar-refractivity contribution is 0.0512. The first-order chi connectivity index (χ1) is 8.78. The maximum atomic E-state index is 5.77. The molecule has 0 amide bonds. The first-order valence-corrected chi connectivity index (χ1v) is 6.53.